The third-order valence-electron chi connectivity index (χ3n) is 5.74. The maximum atomic E-state index is 8.63. The van der Waals surface area contributed by atoms with Crippen molar-refractivity contribution in [3.63, 3.8) is 0 Å². The number of hydrogen-bond donors (Lipinski definition) is 4. The molecule has 0 spiro atoms. The van der Waals surface area contributed by atoms with E-state index >= 15 is 0 Å². The average Bonchev–Trinajstić information content (AvgIpc) is 3.48. The third-order valence-corrected chi connectivity index (χ3v) is 5.94. The number of anilines is 2. The number of thiocarbonyl (C=S) groups is 1. The van der Waals surface area contributed by atoms with Crippen LogP contribution in [0.3, 0.4) is 0 Å². The summed E-state index contributed by atoms with van der Waals surface area (Å²) in [4.78, 5) is 14.3. The van der Waals surface area contributed by atoms with Gasteiger partial charge in [0.1, 0.15) is 0 Å². The highest BCUT2D eigenvalue weighted by Crippen LogP contribution is 2.27. The Bertz CT molecular complexity index is 1130. The highest BCUT2D eigenvalue weighted by molar-refractivity contribution is 7.80. The third kappa shape index (κ3) is 5.10. The van der Waals surface area contributed by atoms with E-state index < -0.39 is 0 Å². The molecule has 8 nitrogen and oxygen atoms in total. The fourth-order valence-corrected chi connectivity index (χ4v) is 4.41. The number of hydrogen-bond acceptors (Lipinski definition) is 4. The first-order chi connectivity index (χ1) is 16.1. The maximum absolute atomic E-state index is 8.63. The molecule has 2 aliphatic heterocycles. The summed E-state index contributed by atoms with van der Waals surface area (Å²) in [6, 6.07) is 15.2. The lowest BCUT2D eigenvalue weighted by atomic mass is 10.2. The number of aromatic amines is 1. The normalized spacial score (nSPS) is 19.9. The van der Waals surface area contributed by atoms with E-state index in [0.29, 0.717) is 5.11 Å². The quantitative estimate of drug-likeness (QED) is 0.269. The summed E-state index contributed by atoms with van der Waals surface area (Å²) in [5.41, 5.74) is 3.28. The number of benzene rings is 1. The average molecular weight is 460 g/mol. The lowest BCUT2D eigenvalue weighted by Gasteiger charge is -2.34. The largest absolute Gasteiger partial charge is 0.371 e. The van der Waals surface area contributed by atoms with E-state index in [4.69, 9.17) is 27.4 Å². The highest BCUT2D eigenvalue weighted by atomic mass is 32.1. The van der Waals surface area contributed by atoms with Crippen LogP contribution in [-0.4, -0.2) is 56.9 Å². The van der Waals surface area contributed by atoms with Gasteiger partial charge in [0.2, 0.25) is 0 Å². The molecule has 2 bridgehead atoms. The van der Waals surface area contributed by atoms with Crippen molar-refractivity contribution in [2.75, 3.05) is 23.7 Å². The molecule has 2 saturated heterocycles. The van der Waals surface area contributed by atoms with Gasteiger partial charge in [-0.2, -0.15) is 0 Å². The minimum absolute atomic E-state index is 0.209. The molecule has 1 aromatic carbocycles. The highest BCUT2D eigenvalue weighted by Gasteiger charge is 2.35. The predicted octanol–water partition coefficient (Wildman–Crippen LogP) is 3.85. The first-order valence-corrected chi connectivity index (χ1v) is 11.3. The molecule has 5 rings (SSSR count). The Kier molecular flexibility index (Phi) is 6.14. The van der Waals surface area contributed by atoms with Crippen LogP contribution in [0.15, 0.2) is 72.1 Å². The first kappa shape index (κ1) is 21.3. The van der Waals surface area contributed by atoms with Crippen molar-refractivity contribution in [3.05, 3.63) is 78.4 Å². The molecule has 33 heavy (non-hydrogen) atoms. The van der Waals surface area contributed by atoms with Crippen LogP contribution in [0.5, 0.6) is 0 Å². The SMILES string of the molecule is N=C(/N=C(\c1ccc[nH]1)N1C[C@H]2CC[C@@H](C1)O2)c1ccc(NC(=S)Nc2cccnc2)cc1. The van der Waals surface area contributed by atoms with E-state index in [1.54, 1.807) is 12.4 Å². The molecule has 0 saturated carbocycles. The van der Waals surface area contributed by atoms with E-state index in [1.807, 2.05) is 54.7 Å². The molecule has 4 N–H and O–H groups in total. The van der Waals surface area contributed by atoms with Gasteiger partial charge in [0, 0.05) is 36.7 Å². The van der Waals surface area contributed by atoms with Crippen molar-refractivity contribution in [3.8, 4) is 0 Å². The molecule has 3 aromatic rings. The molecule has 2 aromatic heterocycles. The molecule has 4 heterocycles. The monoisotopic (exact) mass is 459 g/mol. The van der Waals surface area contributed by atoms with Crippen LogP contribution in [0.25, 0.3) is 0 Å². The van der Waals surface area contributed by atoms with Crippen LogP contribution in [0.4, 0.5) is 11.4 Å². The summed E-state index contributed by atoms with van der Waals surface area (Å²) < 4.78 is 5.98. The second-order valence-corrected chi connectivity index (χ2v) is 8.54. The van der Waals surface area contributed by atoms with Gasteiger partial charge in [0.05, 0.1) is 29.8 Å². The van der Waals surface area contributed by atoms with Gasteiger partial charge in [-0.15, -0.1) is 0 Å². The Balaban J connectivity index is 1.29. The number of aromatic nitrogens is 2. The van der Waals surface area contributed by atoms with E-state index in [-0.39, 0.29) is 18.0 Å². The molecule has 9 heteroatoms. The molecule has 2 atom stereocenters. The van der Waals surface area contributed by atoms with E-state index in [1.165, 1.54) is 0 Å². The Morgan fingerprint density at radius 1 is 1.06 bits per heavy atom. The standard InChI is InChI=1S/C24H25N7OS/c25-22(16-5-7-17(8-6-16)28-24(33)29-18-3-1-11-26-13-18)30-23(21-4-2-12-27-21)31-14-19-9-10-20(15-31)32-19/h1-8,11-13,19-20,25,27H,9-10,14-15H2,(H2,28,29,33)/b25-22?,30-23+/t19-,20+. The van der Waals surface area contributed by atoms with Crippen LogP contribution < -0.4 is 10.6 Å². The summed E-state index contributed by atoms with van der Waals surface area (Å²) in [6.07, 6.45) is 7.96. The van der Waals surface area contributed by atoms with Gasteiger partial charge < -0.3 is 25.3 Å². The number of nitrogens with zero attached hydrogens (tertiary/aromatic N) is 3. The van der Waals surface area contributed by atoms with Gasteiger partial charge >= 0.3 is 0 Å². The van der Waals surface area contributed by atoms with E-state index in [0.717, 1.165) is 54.4 Å². The summed E-state index contributed by atoms with van der Waals surface area (Å²) in [5.74, 6) is 0.996. The fourth-order valence-electron chi connectivity index (χ4n) is 4.17. The molecular formula is C24H25N7OS. The van der Waals surface area contributed by atoms with Gasteiger partial charge in [0.25, 0.3) is 0 Å². The fraction of sp³-hybridized carbons (Fsp3) is 0.250. The number of H-pyrrole nitrogens is 1. The van der Waals surface area contributed by atoms with Crippen LogP contribution in [0, 0.1) is 5.41 Å². The van der Waals surface area contributed by atoms with E-state index in [9.17, 15) is 0 Å². The smallest absolute Gasteiger partial charge is 0.175 e. The van der Waals surface area contributed by atoms with Crippen molar-refractivity contribution >= 4 is 40.4 Å². The first-order valence-electron chi connectivity index (χ1n) is 10.9. The zero-order chi connectivity index (χ0) is 22.6. The molecule has 168 valence electrons. The number of rotatable bonds is 4. The minimum atomic E-state index is 0.209. The second-order valence-electron chi connectivity index (χ2n) is 8.13. The van der Waals surface area contributed by atoms with Crippen molar-refractivity contribution in [2.45, 2.75) is 25.0 Å². The number of ether oxygens (including phenoxy) is 1. The number of morpholine rings is 1. The number of aliphatic imine (C=N–C) groups is 1. The Hall–Kier alpha value is -3.56. The number of amidine groups is 2. The zero-order valence-electron chi connectivity index (χ0n) is 18.0. The van der Waals surface area contributed by atoms with Crippen molar-refractivity contribution in [2.24, 2.45) is 4.99 Å². The van der Waals surface area contributed by atoms with Crippen LogP contribution in [0.1, 0.15) is 24.1 Å². The summed E-state index contributed by atoms with van der Waals surface area (Å²) in [6.45, 7) is 1.59. The maximum Gasteiger partial charge on any atom is 0.175 e. The van der Waals surface area contributed by atoms with Gasteiger partial charge in [-0.05, 0) is 73.6 Å². The molecule has 0 aliphatic carbocycles. The van der Waals surface area contributed by atoms with Gasteiger partial charge in [-0.1, -0.05) is 0 Å². The number of likely N-dealkylation sites (tertiary alicyclic amines) is 1. The summed E-state index contributed by atoms with van der Waals surface area (Å²) >= 11 is 5.37. The Morgan fingerprint density at radius 2 is 1.82 bits per heavy atom. The molecule has 0 radical (unpaired) electrons. The van der Waals surface area contributed by atoms with E-state index in [2.05, 4.69) is 25.5 Å². The second kappa shape index (κ2) is 9.51. The van der Waals surface area contributed by atoms with Crippen LogP contribution in [0.2, 0.25) is 0 Å². The molecule has 0 unspecified atom stereocenters. The summed E-state index contributed by atoms with van der Waals surface area (Å²) in [7, 11) is 0. The molecular weight excluding hydrogens is 434 g/mol. The minimum Gasteiger partial charge on any atom is -0.371 e. The lowest BCUT2D eigenvalue weighted by Crippen LogP contribution is -2.46. The predicted molar refractivity (Wildman–Crippen MR) is 134 cm³/mol. The number of fused-ring (bicyclic) bond motifs is 2. The van der Waals surface area contributed by atoms with Crippen molar-refractivity contribution < 1.29 is 4.74 Å². The van der Waals surface area contributed by atoms with Crippen molar-refractivity contribution in [1.82, 2.24) is 14.9 Å². The number of pyridine rings is 1. The zero-order valence-corrected chi connectivity index (χ0v) is 18.8. The topological polar surface area (TPSA) is 101 Å². The Labute approximate surface area is 197 Å². The lowest BCUT2D eigenvalue weighted by molar-refractivity contribution is -0.0155. The number of nitrogens with one attached hydrogen (secondary N) is 4. The molecule has 2 aliphatic rings. The summed E-state index contributed by atoms with van der Waals surface area (Å²) in [5, 5.41) is 15.3. The van der Waals surface area contributed by atoms with Gasteiger partial charge in [0.15, 0.2) is 16.8 Å². The van der Waals surface area contributed by atoms with Crippen molar-refractivity contribution in [1.29, 1.82) is 5.41 Å². The van der Waals surface area contributed by atoms with Crippen LogP contribution >= 0.6 is 12.2 Å². The Morgan fingerprint density at radius 3 is 2.48 bits per heavy atom. The van der Waals surface area contributed by atoms with Gasteiger partial charge in [-0.3, -0.25) is 10.4 Å². The molecule has 0 amide bonds. The van der Waals surface area contributed by atoms with Gasteiger partial charge in [-0.25, -0.2) is 4.99 Å². The van der Waals surface area contributed by atoms with Crippen LogP contribution in [-0.2, 0) is 4.74 Å². The molecule has 2 fully saturated rings.